The summed E-state index contributed by atoms with van der Waals surface area (Å²) in [5.74, 6) is -0.808. The topological polar surface area (TPSA) is 72.3 Å². The third kappa shape index (κ3) is 2.70. The summed E-state index contributed by atoms with van der Waals surface area (Å²) in [6, 6.07) is 7.70. The van der Waals surface area contributed by atoms with E-state index >= 15 is 0 Å². The van der Waals surface area contributed by atoms with Gasteiger partial charge in [-0.3, -0.25) is 0 Å². The lowest BCUT2D eigenvalue weighted by atomic mass is 10.3. The molecule has 0 fully saturated rings. The van der Waals surface area contributed by atoms with E-state index in [9.17, 15) is 4.79 Å². The number of carboxylic acid groups (broad SMARTS) is 1. The maximum absolute atomic E-state index is 10.7. The lowest BCUT2D eigenvalue weighted by Crippen LogP contribution is -2.01. The molecule has 2 rings (SSSR count). The monoisotopic (exact) mass is 250 g/mol. The van der Waals surface area contributed by atoms with Crippen molar-refractivity contribution in [2.24, 2.45) is 0 Å². The van der Waals surface area contributed by atoms with Crippen molar-refractivity contribution in [1.82, 2.24) is 9.97 Å². The molecule has 0 amide bonds. The van der Waals surface area contributed by atoms with Gasteiger partial charge in [0.1, 0.15) is 5.02 Å². The fraction of sp³-hybridized carbons (Fsp3) is 0. The molecule has 0 aliphatic carbocycles. The first kappa shape index (κ1) is 11.3. The second-order valence-corrected chi connectivity index (χ2v) is 3.47. The molecule has 0 spiro atoms. The van der Waals surface area contributed by atoms with E-state index in [4.69, 9.17) is 21.4 Å². The third-order valence-corrected chi connectivity index (χ3v) is 2.16. The Morgan fingerprint density at radius 3 is 2.82 bits per heavy atom. The minimum atomic E-state index is -1.12. The van der Waals surface area contributed by atoms with Gasteiger partial charge in [0.05, 0.1) is 0 Å². The molecule has 86 valence electrons. The Kier molecular flexibility index (Phi) is 3.20. The van der Waals surface area contributed by atoms with Crippen LogP contribution in [0.4, 0.5) is 0 Å². The van der Waals surface area contributed by atoms with Crippen LogP contribution in [-0.2, 0) is 0 Å². The fourth-order valence-corrected chi connectivity index (χ4v) is 1.30. The van der Waals surface area contributed by atoms with E-state index in [0.29, 0.717) is 5.02 Å². The van der Waals surface area contributed by atoms with E-state index in [-0.39, 0.29) is 17.5 Å². The Bertz CT molecular complexity index is 560. The number of rotatable bonds is 3. The SMILES string of the molecule is O=C(O)c1cccc(Oc2ncccc2Cl)n1. The Balaban J connectivity index is 2.28. The Morgan fingerprint density at radius 1 is 1.29 bits per heavy atom. The van der Waals surface area contributed by atoms with Crippen molar-refractivity contribution in [3.05, 3.63) is 47.2 Å². The van der Waals surface area contributed by atoms with Gasteiger partial charge in [-0.1, -0.05) is 17.7 Å². The van der Waals surface area contributed by atoms with Crippen molar-refractivity contribution in [2.45, 2.75) is 0 Å². The van der Waals surface area contributed by atoms with Crippen LogP contribution in [0.25, 0.3) is 0 Å². The van der Waals surface area contributed by atoms with Gasteiger partial charge in [-0.2, -0.15) is 0 Å². The number of aromatic nitrogens is 2. The summed E-state index contributed by atoms with van der Waals surface area (Å²) in [7, 11) is 0. The molecule has 0 radical (unpaired) electrons. The molecule has 1 N–H and O–H groups in total. The molecule has 17 heavy (non-hydrogen) atoms. The maximum atomic E-state index is 10.7. The zero-order chi connectivity index (χ0) is 12.3. The molecular formula is C11H7ClN2O3. The van der Waals surface area contributed by atoms with Crippen molar-refractivity contribution in [3.8, 4) is 11.8 Å². The first-order chi connectivity index (χ1) is 8.16. The number of pyridine rings is 2. The number of hydrogen-bond donors (Lipinski definition) is 1. The molecule has 2 aromatic heterocycles. The molecule has 0 aliphatic rings. The summed E-state index contributed by atoms with van der Waals surface area (Å²) >= 11 is 5.84. The van der Waals surface area contributed by atoms with Crippen molar-refractivity contribution in [2.75, 3.05) is 0 Å². The first-order valence-electron chi connectivity index (χ1n) is 4.65. The smallest absolute Gasteiger partial charge is 0.354 e. The molecule has 5 nitrogen and oxygen atoms in total. The van der Waals surface area contributed by atoms with Gasteiger partial charge in [0.15, 0.2) is 5.69 Å². The zero-order valence-corrected chi connectivity index (χ0v) is 9.26. The predicted octanol–water partition coefficient (Wildman–Crippen LogP) is 2.62. The highest BCUT2D eigenvalue weighted by atomic mass is 35.5. The Labute approximate surface area is 102 Å². The highest BCUT2D eigenvalue weighted by Crippen LogP contribution is 2.25. The number of halogens is 1. The van der Waals surface area contributed by atoms with Gasteiger partial charge in [-0.25, -0.2) is 14.8 Å². The molecule has 0 bridgehead atoms. The Morgan fingerprint density at radius 2 is 2.12 bits per heavy atom. The van der Waals surface area contributed by atoms with Crippen LogP contribution in [-0.4, -0.2) is 21.0 Å². The van der Waals surface area contributed by atoms with Gasteiger partial charge < -0.3 is 9.84 Å². The number of carboxylic acids is 1. The Hall–Kier alpha value is -2.14. The summed E-state index contributed by atoms with van der Waals surface area (Å²) < 4.78 is 5.28. The van der Waals surface area contributed by atoms with Crippen LogP contribution in [0.1, 0.15) is 10.5 Å². The van der Waals surface area contributed by atoms with E-state index in [0.717, 1.165) is 0 Å². The maximum Gasteiger partial charge on any atom is 0.354 e. The normalized spacial score (nSPS) is 9.94. The molecule has 0 aromatic carbocycles. The lowest BCUT2D eigenvalue weighted by molar-refractivity contribution is 0.0689. The zero-order valence-electron chi connectivity index (χ0n) is 8.50. The van der Waals surface area contributed by atoms with Crippen LogP contribution in [0.15, 0.2) is 36.5 Å². The summed E-state index contributed by atoms with van der Waals surface area (Å²) in [6.45, 7) is 0. The first-order valence-corrected chi connectivity index (χ1v) is 5.03. The summed E-state index contributed by atoms with van der Waals surface area (Å²) in [4.78, 5) is 18.4. The number of aromatic carboxylic acids is 1. The highest BCUT2D eigenvalue weighted by molar-refractivity contribution is 6.31. The average molecular weight is 251 g/mol. The van der Waals surface area contributed by atoms with Crippen LogP contribution in [0.2, 0.25) is 5.02 Å². The van der Waals surface area contributed by atoms with Crippen molar-refractivity contribution < 1.29 is 14.6 Å². The van der Waals surface area contributed by atoms with Gasteiger partial charge in [0.2, 0.25) is 11.8 Å². The van der Waals surface area contributed by atoms with Gasteiger partial charge in [-0.15, -0.1) is 0 Å². The van der Waals surface area contributed by atoms with Crippen LogP contribution >= 0.6 is 11.6 Å². The summed E-state index contributed by atoms with van der Waals surface area (Å²) in [5.41, 5.74) is -0.102. The minimum absolute atomic E-state index is 0.102. The summed E-state index contributed by atoms with van der Waals surface area (Å²) in [5, 5.41) is 9.10. The number of carbonyl (C=O) groups is 1. The largest absolute Gasteiger partial charge is 0.477 e. The quantitative estimate of drug-likeness (QED) is 0.907. The minimum Gasteiger partial charge on any atom is -0.477 e. The van der Waals surface area contributed by atoms with E-state index in [2.05, 4.69) is 9.97 Å². The number of ether oxygens (including phenoxy) is 1. The van der Waals surface area contributed by atoms with Gasteiger partial charge >= 0.3 is 5.97 Å². The van der Waals surface area contributed by atoms with Crippen molar-refractivity contribution in [1.29, 1.82) is 0 Å². The summed E-state index contributed by atoms with van der Waals surface area (Å²) in [6.07, 6.45) is 1.52. The van der Waals surface area contributed by atoms with E-state index < -0.39 is 5.97 Å². The molecule has 2 aromatic rings. The predicted molar refractivity (Wildman–Crippen MR) is 60.5 cm³/mol. The van der Waals surface area contributed by atoms with Gasteiger partial charge in [-0.05, 0) is 18.2 Å². The van der Waals surface area contributed by atoms with Gasteiger partial charge in [0.25, 0.3) is 0 Å². The van der Waals surface area contributed by atoms with Crippen molar-refractivity contribution >= 4 is 17.6 Å². The molecule has 0 atom stereocenters. The standard InChI is InChI=1S/C11H7ClN2O3/c12-7-3-2-6-13-10(7)17-9-5-1-4-8(14-9)11(15)16/h1-6H,(H,15,16). The fourth-order valence-electron chi connectivity index (χ4n) is 1.14. The average Bonchev–Trinajstić information content (AvgIpc) is 2.32. The van der Waals surface area contributed by atoms with Crippen LogP contribution in [0, 0.1) is 0 Å². The van der Waals surface area contributed by atoms with Crippen LogP contribution in [0.3, 0.4) is 0 Å². The molecule has 2 heterocycles. The molecule has 0 saturated carbocycles. The molecule has 0 unspecified atom stereocenters. The molecular weight excluding hydrogens is 244 g/mol. The second-order valence-electron chi connectivity index (χ2n) is 3.06. The molecule has 0 aliphatic heterocycles. The number of hydrogen-bond acceptors (Lipinski definition) is 4. The number of nitrogens with zero attached hydrogens (tertiary/aromatic N) is 2. The van der Waals surface area contributed by atoms with Crippen LogP contribution in [0.5, 0.6) is 11.8 Å². The van der Waals surface area contributed by atoms with E-state index in [1.807, 2.05) is 0 Å². The van der Waals surface area contributed by atoms with Crippen molar-refractivity contribution in [3.63, 3.8) is 0 Å². The van der Waals surface area contributed by atoms with E-state index in [1.54, 1.807) is 12.1 Å². The highest BCUT2D eigenvalue weighted by Gasteiger charge is 2.08. The third-order valence-electron chi connectivity index (χ3n) is 1.87. The van der Waals surface area contributed by atoms with Gasteiger partial charge in [0, 0.05) is 12.3 Å². The van der Waals surface area contributed by atoms with E-state index in [1.165, 1.54) is 24.4 Å². The molecule has 0 saturated heterocycles. The molecule has 6 heteroatoms. The van der Waals surface area contributed by atoms with Crippen LogP contribution < -0.4 is 4.74 Å². The lowest BCUT2D eigenvalue weighted by Gasteiger charge is -2.05. The second kappa shape index (κ2) is 4.80.